The molecule has 7 N–H and O–H groups in total. The third kappa shape index (κ3) is 7.89. The zero-order valence-electron chi connectivity index (χ0n) is 25.1. The molecule has 0 spiro atoms. The summed E-state index contributed by atoms with van der Waals surface area (Å²) in [5, 5.41) is 17.1. The van der Waals surface area contributed by atoms with Gasteiger partial charge in [-0.1, -0.05) is 23.2 Å². The average molecular weight is 814 g/mol. The molecule has 0 aliphatic carbocycles. The number of hydrogen-bond acceptors (Lipinski definition) is 17. The maximum atomic E-state index is 12.4. The van der Waals surface area contributed by atoms with Gasteiger partial charge in [-0.25, -0.2) is 5.26 Å². The van der Waals surface area contributed by atoms with Crippen molar-refractivity contribution in [3.05, 3.63) is 72.8 Å². The van der Waals surface area contributed by atoms with Crippen LogP contribution in [0.15, 0.2) is 97.5 Å². The van der Waals surface area contributed by atoms with E-state index in [1.807, 2.05) is 0 Å². The van der Waals surface area contributed by atoms with E-state index in [9.17, 15) is 51.9 Å². The first-order valence-corrected chi connectivity index (χ1v) is 20.1. The lowest BCUT2D eigenvalue weighted by atomic mass is 10.0. The molecular formula is C27H19N5O15S5. The van der Waals surface area contributed by atoms with Gasteiger partial charge in [-0.3, -0.25) is 18.2 Å². The van der Waals surface area contributed by atoms with Crippen LogP contribution in [0.3, 0.4) is 0 Å². The van der Waals surface area contributed by atoms with E-state index in [1.165, 1.54) is 36.4 Å². The van der Waals surface area contributed by atoms with Gasteiger partial charge in [-0.2, -0.15) is 48.6 Å². The minimum absolute atomic E-state index is 0.00732. The predicted octanol–water partition coefficient (Wildman–Crippen LogP) is 4.23. The zero-order valence-corrected chi connectivity index (χ0v) is 29.2. The van der Waals surface area contributed by atoms with Crippen molar-refractivity contribution in [2.75, 3.05) is 10.6 Å². The van der Waals surface area contributed by atoms with Gasteiger partial charge >= 0.3 is 10.1 Å². The van der Waals surface area contributed by atoms with Crippen molar-refractivity contribution in [3.63, 3.8) is 0 Å². The molecule has 6 rings (SSSR count). The van der Waals surface area contributed by atoms with Crippen LogP contribution in [0.25, 0.3) is 32.3 Å². The summed E-state index contributed by atoms with van der Waals surface area (Å²) >= 11 is 0.624. The van der Waals surface area contributed by atoms with E-state index in [-0.39, 0.29) is 27.5 Å². The van der Waals surface area contributed by atoms with Crippen molar-refractivity contribution in [2.24, 2.45) is 0 Å². The first-order chi connectivity index (χ1) is 24.2. The Morgan fingerprint density at radius 2 is 1.10 bits per heavy atom. The molecule has 272 valence electrons. The summed E-state index contributed by atoms with van der Waals surface area (Å²) < 4.78 is 140. The summed E-state index contributed by atoms with van der Waals surface area (Å²) in [7, 11) is -19.8. The second-order valence-electron chi connectivity index (χ2n) is 10.5. The van der Waals surface area contributed by atoms with Crippen LogP contribution in [-0.2, 0) is 49.8 Å². The lowest BCUT2D eigenvalue weighted by Gasteiger charge is -2.13. The molecule has 0 atom stereocenters. The van der Waals surface area contributed by atoms with Gasteiger partial charge in [0.05, 0.1) is 16.9 Å². The third-order valence-corrected chi connectivity index (χ3v) is 11.0. The Kier molecular flexibility index (Phi) is 9.57. The molecule has 5 aromatic carbocycles. The van der Waals surface area contributed by atoms with E-state index >= 15 is 0 Å². The summed E-state index contributed by atoms with van der Waals surface area (Å²) in [6.45, 7) is 0. The number of rotatable bonds is 11. The predicted molar refractivity (Wildman–Crippen MR) is 182 cm³/mol. The topological polar surface area (TPSA) is 319 Å². The molecular weight excluding hydrogens is 795 g/mol. The van der Waals surface area contributed by atoms with Crippen molar-refractivity contribution in [2.45, 2.75) is 24.7 Å². The minimum Gasteiger partial charge on any atom is -0.324 e. The Hall–Kier alpha value is -4.64. The van der Waals surface area contributed by atoms with Gasteiger partial charge in [-0.05, 0) is 76.1 Å². The maximum Gasteiger partial charge on any atom is 0.330 e. The largest absolute Gasteiger partial charge is 0.330 e. The van der Waals surface area contributed by atoms with Gasteiger partial charge in [0.2, 0.25) is 11.9 Å². The van der Waals surface area contributed by atoms with Gasteiger partial charge in [0.15, 0.2) is 0 Å². The van der Waals surface area contributed by atoms with Gasteiger partial charge < -0.3 is 10.6 Å². The molecule has 0 amide bonds. The molecule has 0 aliphatic heterocycles. The standard InChI is InChI=1S/C27H19N5O15S5/c33-46-47-48-17-3-6-19-14(8-17)10-23(50(37,38)39)22-11-16(2-5-21(19)22)29-26-30-25(31-27(32-26)52(43,44)45)28-15-1-4-20-13(7-15)9-18(49(34,35)36)12-24(20)51(40,41)42/h1-12,33H,(H,34,35,36)(H,37,38,39)(H,40,41,42)(H,43,44,45)(H2,28,29,30,31,32). The third-order valence-electron chi connectivity index (χ3n) is 7.15. The second-order valence-corrected chi connectivity index (χ2v) is 16.8. The molecule has 1 heterocycles. The minimum atomic E-state index is -5.08. The van der Waals surface area contributed by atoms with Crippen molar-refractivity contribution < 1.29 is 66.5 Å². The average Bonchev–Trinajstić information content (AvgIpc) is 3.04. The molecule has 25 heteroatoms. The number of benzene rings is 5. The van der Waals surface area contributed by atoms with Crippen LogP contribution in [0.4, 0.5) is 23.3 Å². The summed E-state index contributed by atoms with van der Waals surface area (Å²) in [4.78, 5) is 9.62. The molecule has 0 unspecified atom stereocenters. The van der Waals surface area contributed by atoms with Crippen LogP contribution in [0.1, 0.15) is 0 Å². The monoisotopic (exact) mass is 813 g/mol. The Morgan fingerprint density at radius 3 is 1.67 bits per heavy atom. The highest BCUT2D eigenvalue weighted by Gasteiger charge is 2.23. The Morgan fingerprint density at radius 1 is 0.538 bits per heavy atom. The van der Waals surface area contributed by atoms with Crippen LogP contribution >= 0.6 is 12.0 Å². The molecule has 6 aromatic rings. The van der Waals surface area contributed by atoms with Crippen molar-refractivity contribution in [1.82, 2.24) is 15.0 Å². The van der Waals surface area contributed by atoms with Crippen LogP contribution in [0, 0.1) is 0 Å². The smallest absolute Gasteiger partial charge is 0.324 e. The number of fused-ring (bicyclic) bond motifs is 4. The van der Waals surface area contributed by atoms with E-state index < -0.39 is 72.2 Å². The first-order valence-electron chi connectivity index (χ1n) is 13.6. The van der Waals surface area contributed by atoms with Crippen LogP contribution < -0.4 is 10.6 Å². The van der Waals surface area contributed by atoms with E-state index in [4.69, 9.17) is 5.26 Å². The summed E-state index contributed by atoms with van der Waals surface area (Å²) in [6, 6.07) is 15.1. The van der Waals surface area contributed by atoms with Crippen molar-refractivity contribution in [3.8, 4) is 0 Å². The van der Waals surface area contributed by atoms with E-state index in [1.54, 1.807) is 12.1 Å². The number of nitrogens with one attached hydrogen (secondary N) is 2. The fourth-order valence-electron chi connectivity index (χ4n) is 5.10. The SMILES string of the molecule is O=S(=O)(O)c1cc(S(=O)(=O)O)c2ccc(Nc3nc(Nc4ccc5c(c4)c(S(=O)(=O)O)cc4cc(SOOO)ccc45)nc(S(=O)(=O)O)n3)cc2c1. The van der Waals surface area contributed by atoms with E-state index in [0.717, 1.165) is 18.2 Å². The summed E-state index contributed by atoms with van der Waals surface area (Å²) in [5.41, 5.74) is 0.0594. The Balaban J connectivity index is 1.42. The second kappa shape index (κ2) is 13.4. The number of anilines is 4. The first kappa shape index (κ1) is 37.1. The maximum absolute atomic E-state index is 12.4. The number of aromatic nitrogens is 3. The van der Waals surface area contributed by atoms with E-state index in [0.29, 0.717) is 39.2 Å². The van der Waals surface area contributed by atoms with E-state index in [2.05, 4.69) is 35.0 Å². The van der Waals surface area contributed by atoms with Gasteiger partial charge in [-0.15, -0.1) is 4.33 Å². The molecule has 52 heavy (non-hydrogen) atoms. The fourth-order valence-corrected chi connectivity index (χ4v) is 7.99. The number of hydrogen-bond donors (Lipinski definition) is 7. The Labute approximate surface area is 296 Å². The van der Waals surface area contributed by atoms with Crippen LogP contribution in [0.2, 0.25) is 0 Å². The zero-order chi connectivity index (χ0) is 37.8. The summed E-state index contributed by atoms with van der Waals surface area (Å²) in [5.74, 6) is -1.03. The molecule has 0 saturated carbocycles. The lowest BCUT2D eigenvalue weighted by molar-refractivity contribution is -0.432. The highest BCUT2D eigenvalue weighted by Crippen LogP contribution is 2.36. The highest BCUT2D eigenvalue weighted by molar-refractivity contribution is 7.94. The lowest BCUT2D eigenvalue weighted by Crippen LogP contribution is -2.11. The molecule has 20 nitrogen and oxygen atoms in total. The highest BCUT2D eigenvalue weighted by atomic mass is 32.2. The molecule has 0 radical (unpaired) electrons. The number of nitrogens with zero attached hydrogens (tertiary/aromatic N) is 3. The van der Waals surface area contributed by atoms with Crippen molar-refractivity contribution >= 4 is 108 Å². The fraction of sp³-hybridized carbons (Fsp3) is 0. The van der Waals surface area contributed by atoms with Gasteiger partial charge in [0, 0.05) is 27.0 Å². The van der Waals surface area contributed by atoms with Crippen LogP contribution in [0.5, 0.6) is 0 Å². The molecule has 0 aliphatic rings. The molecule has 1 aromatic heterocycles. The quantitative estimate of drug-likeness (QED) is 0.0316. The van der Waals surface area contributed by atoms with Gasteiger partial charge in [0.1, 0.15) is 9.79 Å². The summed E-state index contributed by atoms with van der Waals surface area (Å²) in [6.07, 6.45) is 0. The molecule has 0 bridgehead atoms. The molecule has 0 fully saturated rings. The Bertz CT molecular complexity index is 2910. The molecule has 0 saturated heterocycles. The van der Waals surface area contributed by atoms with Gasteiger partial charge in [0.25, 0.3) is 35.5 Å². The van der Waals surface area contributed by atoms with Crippen molar-refractivity contribution in [1.29, 1.82) is 0 Å². The van der Waals surface area contributed by atoms with Crippen LogP contribution in [-0.4, -0.2) is 72.1 Å². The normalized spacial score (nSPS) is 12.8.